The molecule has 1 saturated heterocycles. The van der Waals surface area contributed by atoms with Crippen LogP contribution in [0.1, 0.15) is 72.6 Å². The lowest BCUT2D eigenvalue weighted by atomic mass is 9.67. The van der Waals surface area contributed by atoms with Gasteiger partial charge in [-0.2, -0.15) is 0 Å². The second-order valence-electron chi connectivity index (χ2n) is 9.94. The first-order chi connectivity index (χ1) is 14.3. The van der Waals surface area contributed by atoms with Gasteiger partial charge in [-0.05, 0) is 77.6 Å². The molecule has 2 fully saturated rings. The van der Waals surface area contributed by atoms with E-state index >= 15 is 0 Å². The highest BCUT2D eigenvalue weighted by atomic mass is 16.6. The second kappa shape index (κ2) is 11.8. The van der Waals surface area contributed by atoms with Crippen molar-refractivity contribution in [2.75, 3.05) is 46.4 Å². The van der Waals surface area contributed by atoms with Crippen LogP contribution in [0, 0.1) is 11.3 Å². The van der Waals surface area contributed by atoms with Crippen LogP contribution in [0.5, 0.6) is 0 Å². The van der Waals surface area contributed by atoms with E-state index < -0.39 is 5.60 Å². The van der Waals surface area contributed by atoms with Crippen LogP contribution in [0.25, 0.3) is 0 Å². The molecule has 0 aromatic rings. The maximum atomic E-state index is 12.4. The first kappa shape index (κ1) is 24.8. The summed E-state index contributed by atoms with van der Waals surface area (Å²) >= 11 is 0. The predicted molar refractivity (Wildman–Crippen MR) is 122 cm³/mol. The van der Waals surface area contributed by atoms with E-state index in [0.717, 1.165) is 71.0 Å². The molecule has 0 radical (unpaired) electrons. The fourth-order valence-electron chi connectivity index (χ4n) is 4.26. The van der Waals surface area contributed by atoms with Crippen LogP contribution in [0.2, 0.25) is 0 Å². The van der Waals surface area contributed by atoms with Crippen molar-refractivity contribution in [1.82, 2.24) is 15.5 Å². The monoisotopic (exact) mass is 424 g/mol. The summed E-state index contributed by atoms with van der Waals surface area (Å²) in [6.45, 7) is 12.8. The molecule has 1 amide bonds. The highest BCUT2D eigenvalue weighted by molar-refractivity contribution is 5.79. The summed E-state index contributed by atoms with van der Waals surface area (Å²) in [5.74, 6) is 1.40. The number of rotatable bonds is 9. The predicted octanol–water partition coefficient (Wildman–Crippen LogP) is 3.79. The second-order valence-corrected chi connectivity index (χ2v) is 9.94. The van der Waals surface area contributed by atoms with Crippen molar-refractivity contribution in [3.05, 3.63) is 0 Å². The number of nitrogens with one attached hydrogen (secondary N) is 2. The molecular formula is C23H44N4O3. The standard InChI is InChI=1S/C23H44N4O3/c1-6-24-20(26-18-23(11-8-12-23)13-16-29-5)25-14-10-19-9-7-15-27(17-19)21(28)30-22(2,3)4/h19H,6-18H2,1-5H3,(H2,24,25,26). The zero-order valence-electron chi connectivity index (χ0n) is 19.9. The minimum absolute atomic E-state index is 0.183. The molecule has 1 saturated carbocycles. The molecular weight excluding hydrogens is 380 g/mol. The van der Waals surface area contributed by atoms with Gasteiger partial charge < -0.3 is 25.0 Å². The van der Waals surface area contributed by atoms with E-state index in [0.29, 0.717) is 11.3 Å². The van der Waals surface area contributed by atoms with Crippen molar-refractivity contribution in [3.63, 3.8) is 0 Å². The van der Waals surface area contributed by atoms with Gasteiger partial charge in [-0.1, -0.05) is 6.42 Å². The zero-order chi connectivity index (χ0) is 22.0. The Hall–Kier alpha value is -1.50. The van der Waals surface area contributed by atoms with Gasteiger partial charge in [-0.15, -0.1) is 0 Å². The van der Waals surface area contributed by atoms with Gasteiger partial charge in [0.1, 0.15) is 5.60 Å². The van der Waals surface area contributed by atoms with Crippen LogP contribution in [0.15, 0.2) is 4.99 Å². The van der Waals surface area contributed by atoms with Crippen molar-refractivity contribution >= 4 is 12.1 Å². The largest absolute Gasteiger partial charge is 0.444 e. The van der Waals surface area contributed by atoms with E-state index in [-0.39, 0.29) is 6.09 Å². The van der Waals surface area contributed by atoms with Gasteiger partial charge in [0.2, 0.25) is 0 Å². The molecule has 7 heteroatoms. The Morgan fingerprint density at radius 2 is 2.00 bits per heavy atom. The Labute approximate surface area is 183 Å². The van der Waals surface area contributed by atoms with Crippen molar-refractivity contribution in [2.24, 2.45) is 16.3 Å². The topological polar surface area (TPSA) is 75.2 Å². The van der Waals surface area contributed by atoms with Gasteiger partial charge in [0.15, 0.2) is 5.96 Å². The lowest BCUT2D eigenvalue weighted by Gasteiger charge is -2.40. The first-order valence-corrected chi connectivity index (χ1v) is 11.8. The third kappa shape index (κ3) is 8.32. The van der Waals surface area contributed by atoms with E-state index in [4.69, 9.17) is 14.5 Å². The van der Waals surface area contributed by atoms with Crippen molar-refractivity contribution in [3.8, 4) is 0 Å². The van der Waals surface area contributed by atoms with Crippen molar-refractivity contribution in [2.45, 2.75) is 78.2 Å². The van der Waals surface area contributed by atoms with Crippen LogP contribution < -0.4 is 10.6 Å². The third-order valence-corrected chi connectivity index (χ3v) is 6.18. The minimum atomic E-state index is -0.441. The van der Waals surface area contributed by atoms with Gasteiger partial charge in [0.25, 0.3) is 0 Å². The summed E-state index contributed by atoms with van der Waals surface area (Å²) in [5, 5.41) is 6.87. The smallest absolute Gasteiger partial charge is 0.410 e. The molecule has 2 rings (SSSR count). The Morgan fingerprint density at radius 1 is 1.23 bits per heavy atom. The number of piperidine rings is 1. The van der Waals surface area contributed by atoms with Crippen LogP contribution in [0.4, 0.5) is 4.79 Å². The highest BCUT2D eigenvalue weighted by Gasteiger charge is 2.36. The lowest BCUT2D eigenvalue weighted by Crippen LogP contribution is -2.44. The van der Waals surface area contributed by atoms with Crippen LogP contribution in [-0.2, 0) is 9.47 Å². The summed E-state index contributed by atoms with van der Waals surface area (Å²) in [4.78, 5) is 19.1. The lowest BCUT2D eigenvalue weighted by molar-refractivity contribution is 0.0162. The first-order valence-electron chi connectivity index (χ1n) is 11.8. The number of guanidine groups is 1. The molecule has 0 spiro atoms. The number of hydrogen-bond donors (Lipinski definition) is 2. The molecule has 30 heavy (non-hydrogen) atoms. The zero-order valence-corrected chi connectivity index (χ0v) is 19.9. The van der Waals surface area contributed by atoms with Gasteiger partial charge in [0, 0.05) is 46.4 Å². The third-order valence-electron chi connectivity index (χ3n) is 6.18. The SMILES string of the molecule is CCNC(=NCC1(CCOC)CCC1)NCCC1CCCN(C(=O)OC(C)(C)C)C1. The molecule has 0 bridgehead atoms. The Morgan fingerprint density at radius 3 is 2.60 bits per heavy atom. The molecule has 1 unspecified atom stereocenters. The summed E-state index contributed by atoms with van der Waals surface area (Å²) in [7, 11) is 1.77. The number of ether oxygens (including phenoxy) is 2. The molecule has 1 aliphatic carbocycles. The van der Waals surface area contributed by atoms with Gasteiger partial charge in [0.05, 0.1) is 0 Å². The maximum absolute atomic E-state index is 12.4. The number of aliphatic imine (C=N–C) groups is 1. The van der Waals surface area contributed by atoms with Gasteiger partial charge >= 0.3 is 6.09 Å². The molecule has 2 N–H and O–H groups in total. The fraction of sp³-hybridized carbons (Fsp3) is 0.913. The van der Waals surface area contributed by atoms with Gasteiger partial charge in [-0.25, -0.2) is 4.79 Å². The van der Waals surface area contributed by atoms with E-state index in [1.165, 1.54) is 19.3 Å². The summed E-state index contributed by atoms with van der Waals surface area (Å²) in [6.07, 6.45) is 7.95. The number of carbonyl (C=O) groups excluding carboxylic acids is 1. The van der Waals surface area contributed by atoms with E-state index in [1.807, 2.05) is 25.7 Å². The molecule has 0 aromatic heterocycles. The molecule has 174 valence electrons. The molecule has 7 nitrogen and oxygen atoms in total. The molecule has 1 heterocycles. The average Bonchev–Trinajstić information content (AvgIpc) is 2.65. The average molecular weight is 425 g/mol. The Balaban J connectivity index is 1.78. The number of amides is 1. The van der Waals surface area contributed by atoms with Gasteiger partial charge in [-0.3, -0.25) is 4.99 Å². The summed E-state index contributed by atoms with van der Waals surface area (Å²) < 4.78 is 10.8. The van der Waals surface area contributed by atoms with E-state index in [1.54, 1.807) is 7.11 Å². The van der Waals surface area contributed by atoms with E-state index in [2.05, 4.69) is 17.6 Å². The fourth-order valence-corrected chi connectivity index (χ4v) is 4.26. The number of methoxy groups -OCH3 is 1. The molecule has 2 aliphatic rings. The quantitative estimate of drug-likeness (QED) is 0.435. The molecule has 1 aliphatic heterocycles. The number of hydrogen-bond acceptors (Lipinski definition) is 4. The molecule has 1 atom stereocenters. The Bertz CT molecular complexity index is 555. The van der Waals surface area contributed by atoms with Crippen LogP contribution in [-0.4, -0.2) is 69.0 Å². The normalized spacial score (nSPS) is 21.7. The maximum Gasteiger partial charge on any atom is 0.410 e. The van der Waals surface area contributed by atoms with E-state index in [9.17, 15) is 4.79 Å². The van der Waals surface area contributed by atoms with Crippen LogP contribution >= 0.6 is 0 Å². The Kier molecular flexibility index (Phi) is 9.72. The number of nitrogens with zero attached hydrogens (tertiary/aromatic N) is 2. The number of likely N-dealkylation sites (tertiary alicyclic amines) is 1. The molecule has 0 aromatic carbocycles. The van der Waals surface area contributed by atoms with Crippen molar-refractivity contribution in [1.29, 1.82) is 0 Å². The van der Waals surface area contributed by atoms with Crippen LogP contribution in [0.3, 0.4) is 0 Å². The van der Waals surface area contributed by atoms with Crippen molar-refractivity contribution < 1.29 is 14.3 Å². The highest BCUT2D eigenvalue weighted by Crippen LogP contribution is 2.44. The number of carbonyl (C=O) groups is 1. The summed E-state index contributed by atoms with van der Waals surface area (Å²) in [5.41, 5.74) is -0.112. The summed E-state index contributed by atoms with van der Waals surface area (Å²) in [6, 6.07) is 0. The minimum Gasteiger partial charge on any atom is -0.444 e.